The molecular weight excluding hydrogens is 452 g/mol. The zero-order valence-electron chi connectivity index (χ0n) is 18.9. The number of amidine groups is 1. The summed E-state index contributed by atoms with van der Waals surface area (Å²) in [7, 11) is 0. The van der Waals surface area contributed by atoms with E-state index < -0.39 is 0 Å². The van der Waals surface area contributed by atoms with Gasteiger partial charge in [-0.3, -0.25) is 4.99 Å². The quantitative estimate of drug-likeness (QED) is 0.435. The first-order valence-electron chi connectivity index (χ1n) is 10.5. The molecule has 1 heterocycles. The average Bonchev–Trinajstić information content (AvgIpc) is 3.00. The Morgan fingerprint density at radius 2 is 1.97 bits per heavy atom. The molecule has 0 amide bonds. The van der Waals surface area contributed by atoms with Gasteiger partial charge in [-0.25, -0.2) is 0 Å². The summed E-state index contributed by atoms with van der Waals surface area (Å²) >= 11 is 5.39. The molecule has 0 unspecified atom stereocenters. The lowest BCUT2D eigenvalue weighted by Gasteiger charge is -2.20. The largest absolute Gasteiger partial charge is 0.356 e. The third-order valence-electron chi connectivity index (χ3n) is 4.47. The second-order valence-corrected chi connectivity index (χ2v) is 8.37. The van der Waals surface area contributed by atoms with Gasteiger partial charge in [-0.05, 0) is 44.4 Å². The van der Waals surface area contributed by atoms with E-state index in [2.05, 4.69) is 96.3 Å². The molecule has 2 atom stereocenters. The Balaban J connectivity index is 0.000000826. The Morgan fingerprint density at radius 3 is 2.63 bits per heavy atom. The fourth-order valence-electron chi connectivity index (χ4n) is 2.89. The predicted octanol–water partition coefficient (Wildman–Crippen LogP) is 8.01. The normalized spacial score (nSPS) is 19.9. The van der Waals surface area contributed by atoms with E-state index in [-0.39, 0.29) is 12.1 Å². The predicted molar refractivity (Wildman–Crippen MR) is 141 cm³/mol. The van der Waals surface area contributed by atoms with E-state index in [1.807, 2.05) is 26.8 Å². The van der Waals surface area contributed by atoms with Gasteiger partial charge < -0.3 is 5.32 Å². The van der Waals surface area contributed by atoms with E-state index in [1.165, 1.54) is 16.7 Å². The second-order valence-electron chi connectivity index (χ2n) is 6.56. The number of benzene rings is 1. The zero-order chi connectivity index (χ0) is 22.4. The highest BCUT2D eigenvalue weighted by Crippen LogP contribution is 2.29. The van der Waals surface area contributed by atoms with Gasteiger partial charge in [0.05, 0.1) is 6.04 Å². The molecule has 0 saturated carbocycles. The summed E-state index contributed by atoms with van der Waals surface area (Å²) < 4.78 is 1.15. The molecule has 30 heavy (non-hydrogen) atoms. The van der Waals surface area contributed by atoms with Gasteiger partial charge in [0.15, 0.2) is 5.17 Å². The fraction of sp³-hybridized carbons (Fsp3) is 0.346. The van der Waals surface area contributed by atoms with Crippen molar-refractivity contribution in [3.63, 3.8) is 0 Å². The molecular formula is C26H35BrN2S. The summed E-state index contributed by atoms with van der Waals surface area (Å²) in [6, 6.07) is 8.73. The monoisotopic (exact) mass is 486 g/mol. The Morgan fingerprint density at radius 1 is 1.27 bits per heavy atom. The minimum atomic E-state index is 0.136. The standard InChI is InChI=1S/C21H23BrN2S.C3H6.C2H6/c1-3-15(2)19-20(16-10-6-4-5-7-11-16)24-21(23-19)25-14-17-12-8-9-13-18(17)22;1-3-2;1-2/h3-4,6-13,19-20H,5,14H2,1-2H3,(H,23,24);3H,1H2,2H3;1-2H3/b15-3+;;/t19-,20+;;/m0../s1. The molecule has 0 radical (unpaired) electrons. The molecule has 1 aliphatic heterocycles. The third-order valence-corrected chi connectivity index (χ3v) is 6.19. The van der Waals surface area contributed by atoms with Crippen molar-refractivity contribution in [3.8, 4) is 0 Å². The van der Waals surface area contributed by atoms with E-state index in [1.54, 1.807) is 17.8 Å². The van der Waals surface area contributed by atoms with E-state index in [4.69, 9.17) is 4.99 Å². The van der Waals surface area contributed by atoms with Gasteiger partial charge in [-0.1, -0.05) is 108 Å². The molecule has 162 valence electrons. The summed E-state index contributed by atoms with van der Waals surface area (Å²) in [5, 5.41) is 4.65. The summed E-state index contributed by atoms with van der Waals surface area (Å²) in [4.78, 5) is 5.01. The molecule has 0 fully saturated rings. The highest BCUT2D eigenvalue weighted by atomic mass is 79.9. The lowest BCUT2D eigenvalue weighted by atomic mass is 9.95. The number of allylic oxidation sites excluding steroid dienone is 6. The number of rotatable bonds is 4. The summed E-state index contributed by atoms with van der Waals surface area (Å²) in [5.74, 6) is 0.899. The highest BCUT2D eigenvalue weighted by Gasteiger charge is 2.31. The minimum absolute atomic E-state index is 0.136. The van der Waals surface area contributed by atoms with E-state index in [9.17, 15) is 0 Å². The van der Waals surface area contributed by atoms with Crippen molar-refractivity contribution < 1.29 is 0 Å². The molecule has 2 aliphatic rings. The maximum atomic E-state index is 5.01. The molecule has 0 bridgehead atoms. The maximum absolute atomic E-state index is 5.01. The van der Waals surface area contributed by atoms with Crippen LogP contribution in [0.5, 0.6) is 0 Å². The smallest absolute Gasteiger partial charge is 0.158 e. The van der Waals surface area contributed by atoms with Crippen molar-refractivity contribution >= 4 is 32.9 Å². The number of nitrogens with one attached hydrogen (secondary N) is 1. The minimum Gasteiger partial charge on any atom is -0.356 e. The molecule has 1 aromatic carbocycles. The van der Waals surface area contributed by atoms with Crippen LogP contribution in [0.15, 0.2) is 94.0 Å². The van der Waals surface area contributed by atoms with Crippen LogP contribution in [0.3, 0.4) is 0 Å². The first-order valence-corrected chi connectivity index (χ1v) is 12.3. The molecule has 0 saturated heterocycles. The fourth-order valence-corrected chi connectivity index (χ4v) is 4.45. The summed E-state index contributed by atoms with van der Waals surface area (Å²) in [5.41, 5.74) is 3.88. The molecule has 2 nitrogen and oxygen atoms in total. The van der Waals surface area contributed by atoms with Crippen LogP contribution in [0.25, 0.3) is 0 Å². The van der Waals surface area contributed by atoms with Crippen LogP contribution in [-0.2, 0) is 5.75 Å². The summed E-state index contributed by atoms with van der Waals surface area (Å²) in [6.45, 7) is 13.5. The first-order chi connectivity index (χ1) is 14.6. The van der Waals surface area contributed by atoms with Gasteiger partial charge in [0.25, 0.3) is 0 Å². The number of aliphatic imine (C=N–C) groups is 1. The van der Waals surface area contributed by atoms with Gasteiger partial charge in [0.2, 0.25) is 0 Å². The Kier molecular flexibility index (Phi) is 13.2. The number of hydrogen-bond acceptors (Lipinski definition) is 3. The Bertz CT molecular complexity index is 818. The lowest BCUT2D eigenvalue weighted by Crippen LogP contribution is -2.35. The lowest BCUT2D eigenvalue weighted by molar-refractivity contribution is 0.651. The van der Waals surface area contributed by atoms with Crippen molar-refractivity contribution in [3.05, 3.63) is 94.6 Å². The van der Waals surface area contributed by atoms with Crippen LogP contribution in [-0.4, -0.2) is 17.3 Å². The van der Waals surface area contributed by atoms with Crippen molar-refractivity contribution in [2.75, 3.05) is 0 Å². The molecule has 1 aromatic rings. The summed E-state index contributed by atoms with van der Waals surface area (Å²) in [6.07, 6.45) is 15.8. The van der Waals surface area contributed by atoms with Crippen LogP contribution in [0, 0.1) is 0 Å². The molecule has 3 rings (SSSR count). The van der Waals surface area contributed by atoms with Crippen LogP contribution in [0.4, 0.5) is 0 Å². The van der Waals surface area contributed by atoms with Crippen LogP contribution in [0.1, 0.15) is 46.6 Å². The topological polar surface area (TPSA) is 24.4 Å². The van der Waals surface area contributed by atoms with Crippen molar-refractivity contribution in [1.82, 2.24) is 5.32 Å². The Labute approximate surface area is 196 Å². The number of nitrogens with zero attached hydrogens (tertiary/aromatic N) is 1. The number of thioether (sulfide) groups is 1. The maximum Gasteiger partial charge on any atom is 0.158 e. The van der Waals surface area contributed by atoms with Crippen molar-refractivity contribution in [1.29, 1.82) is 0 Å². The SMILES string of the molecule is C/C=C(\C)[C@@H]1NC(SCc2ccccc2Br)=N[C@@H]1C1=CC=CCC=C1.C=CC.CC. The first kappa shape index (κ1) is 26.3. The average molecular weight is 488 g/mol. The van der Waals surface area contributed by atoms with Crippen LogP contribution in [0.2, 0.25) is 0 Å². The van der Waals surface area contributed by atoms with E-state index >= 15 is 0 Å². The molecule has 1 N–H and O–H groups in total. The van der Waals surface area contributed by atoms with Crippen LogP contribution >= 0.6 is 27.7 Å². The number of halogens is 1. The van der Waals surface area contributed by atoms with Crippen molar-refractivity contribution in [2.24, 2.45) is 4.99 Å². The highest BCUT2D eigenvalue weighted by molar-refractivity contribution is 9.10. The van der Waals surface area contributed by atoms with E-state index in [0.29, 0.717) is 0 Å². The third kappa shape index (κ3) is 8.16. The molecule has 0 aromatic heterocycles. The molecule has 1 aliphatic carbocycles. The van der Waals surface area contributed by atoms with E-state index in [0.717, 1.165) is 21.8 Å². The molecule has 4 heteroatoms. The van der Waals surface area contributed by atoms with Gasteiger partial charge in [-0.15, -0.1) is 6.58 Å². The zero-order valence-corrected chi connectivity index (χ0v) is 21.3. The van der Waals surface area contributed by atoms with Gasteiger partial charge >= 0.3 is 0 Å². The van der Waals surface area contributed by atoms with Gasteiger partial charge in [0.1, 0.15) is 6.04 Å². The van der Waals surface area contributed by atoms with Crippen LogP contribution < -0.4 is 5.32 Å². The van der Waals surface area contributed by atoms with Gasteiger partial charge in [-0.2, -0.15) is 0 Å². The number of hydrogen-bond donors (Lipinski definition) is 1. The van der Waals surface area contributed by atoms with Crippen molar-refractivity contribution in [2.45, 2.75) is 58.9 Å². The van der Waals surface area contributed by atoms with Gasteiger partial charge in [0, 0.05) is 10.2 Å². The second kappa shape index (κ2) is 15.1. The Hall–Kier alpha value is -1.78. The molecule has 0 spiro atoms.